The lowest BCUT2D eigenvalue weighted by Gasteiger charge is -2.16. The molecule has 0 saturated carbocycles. The molecule has 0 saturated heterocycles. The molecule has 4 aromatic rings. The van der Waals surface area contributed by atoms with Gasteiger partial charge < -0.3 is 9.47 Å². The topological polar surface area (TPSA) is 103 Å². The predicted molar refractivity (Wildman–Crippen MR) is 144 cm³/mol. The van der Waals surface area contributed by atoms with Gasteiger partial charge in [0.2, 0.25) is 5.88 Å². The summed E-state index contributed by atoms with van der Waals surface area (Å²) >= 11 is 0. The van der Waals surface area contributed by atoms with E-state index < -0.39 is 17.8 Å². The molecular weight excluding hydrogens is 482 g/mol. The van der Waals surface area contributed by atoms with Gasteiger partial charge in [0.15, 0.2) is 5.78 Å². The fourth-order valence-electron chi connectivity index (χ4n) is 4.03. The average Bonchev–Trinajstić information content (AvgIpc) is 2.96. The van der Waals surface area contributed by atoms with Crippen LogP contribution in [0.25, 0.3) is 11.1 Å². The van der Waals surface area contributed by atoms with E-state index in [-0.39, 0.29) is 18.2 Å². The third-order valence-electron chi connectivity index (χ3n) is 6.06. The van der Waals surface area contributed by atoms with E-state index in [1.54, 1.807) is 30.3 Å². The number of carbonyl (C=O) groups is 1. The van der Waals surface area contributed by atoms with Crippen LogP contribution < -0.4 is 20.7 Å². The van der Waals surface area contributed by atoms with Crippen LogP contribution in [0.2, 0.25) is 0 Å². The summed E-state index contributed by atoms with van der Waals surface area (Å²) in [5.74, 6) is 0.371. The summed E-state index contributed by atoms with van der Waals surface area (Å²) in [6, 6.07) is 24.7. The molecule has 4 rings (SSSR count). The Morgan fingerprint density at radius 2 is 1.66 bits per heavy atom. The van der Waals surface area contributed by atoms with Crippen LogP contribution in [0.3, 0.4) is 0 Å². The monoisotopic (exact) mass is 509 g/mol. The minimum Gasteiger partial charge on any atom is -0.497 e. The van der Waals surface area contributed by atoms with Crippen molar-refractivity contribution in [1.29, 1.82) is 5.26 Å². The Balaban J connectivity index is 1.66. The molecule has 0 radical (unpaired) electrons. The highest BCUT2D eigenvalue weighted by molar-refractivity contribution is 5.96. The molecule has 0 fully saturated rings. The number of nitrogens with zero attached hydrogens (tertiary/aromatic N) is 3. The molecule has 0 bridgehead atoms. The maximum atomic E-state index is 13.5. The van der Waals surface area contributed by atoms with Crippen molar-refractivity contribution in [1.82, 2.24) is 9.13 Å². The van der Waals surface area contributed by atoms with Crippen molar-refractivity contribution in [3.8, 4) is 28.8 Å². The van der Waals surface area contributed by atoms with Crippen molar-refractivity contribution >= 4 is 5.78 Å². The number of ether oxygens (including phenoxy) is 2. The zero-order valence-corrected chi connectivity index (χ0v) is 21.2. The first-order valence-electron chi connectivity index (χ1n) is 12.2. The minimum atomic E-state index is -0.635. The lowest BCUT2D eigenvalue weighted by Crippen LogP contribution is -2.41. The molecule has 1 heterocycles. The Kier molecular flexibility index (Phi) is 8.19. The number of nitriles is 1. The first kappa shape index (κ1) is 26.2. The first-order valence-corrected chi connectivity index (χ1v) is 12.2. The summed E-state index contributed by atoms with van der Waals surface area (Å²) in [5, 5.41) is 9.41. The molecular formula is C30H27N3O5. The minimum absolute atomic E-state index is 0.134. The van der Waals surface area contributed by atoms with Gasteiger partial charge >= 0.3 is 5.69 Å². The molecule has 0 aliphatic heterocycles. The maximum Gasteiger partial charge on any atom is 0.334 e. The maximum absolute atomic E-state index is 13.5. The number of rotatable bonds is 10. The standard InChI is InChI=1S/C30H27N3O5/c1-3-16-38-29-17-28(35)32(20-27(34)23-12-14-25(37-2)15-13-23)30(36)33(29)19-21-8-10-22(11-9-21)26-7-5-4-6-24(26)18-31/h4-15,17H,3,16,19-20H2,1-2H3. The third kappa shape index (κ3) is 5.73. The van der Waals surface area contributed by atoms with Crippen molar-refractivity contribution in [3.05, 3.63) is 116 Å². The van der Waals surface area contributed by atoms with E-state index in [1.807, 2.05) is 49.4 Å². The number of hydrogen-bond acceptors (Lipinski definition) is 6. The Bertz CT molecular complexity index is 1590. The number of hydrogen-bond donors (Lipinski definition) is 0. The van der Waals surface area contributed by atoms with E-state index in [2.05, 4.69) is 6.07 Å². The van der Waals surface area contributed by atoms with Gasteiger partial charge in [-0.05, 0) is 53.4 Å². The highest BCUT2D eigenvalue weighted by atomic mass is 16.5. The van der Waals surface area contributed by atoms with Crippen molar-refractivity contribution in [2.75, 3.05) is 13.7 Å². The SMILES string of the molecule is CCCOc1cc(=O)n(CC(=O)c2ccc(OC)cc2)c(=O)n1Cc1ccc(-c2ccccc2C#N)cc1. The number of carbonyl (C=O) groups excluding carboxylic acids is 1. The highest BCUT2D eigenvalue weighted by Gasteiger charge is 2.17. The van der Waals surface area contributed by atoms with Gasteiger partial charge in [-0.1, -0.05) is 49.4 Å². The Morgan fingerprint density at radius 3 is 2.32 bits per heavy atom. The number of ketones is 1. The number of aromatic nitrogens is 2. The smallest absolute Gasteiger partial charge is 0.334 e. The molecule has 0 aliphatic carbocycles. The fourth-order valence-corrected chi connectivity index (χ4v) is 4.03. The summed E-state index contributed by atoms with van der Waals surface area (Å²) in [6.07, 6.45) is 0.695. The molecule has 0 unspecified atom stereocenters. The van der Waals surface area contributed by atoms with Gasteiger partial charge in [0.1, 0.15) is 5.75 Å². The van der Waals surface area contributed by atoms with E-state index in [0.717, 1.165) is 21.3 Å². The molecule has 8 heteroatoms. The number of Topliss-reactive ketones (excluding diaryl/α,β-unsaturated/α-hetero) is 1. The van der Waals surface area contributed by atoms with Crippen molar-refractivity contribution in [2.45, 2.75) is 26.4 Å². The van der Waals surface area contributed by atoms with Gasteiger partial charge in [-0.2, -0.15) is 5.26 Å². The zero-order valence-electron chi connectivity index (χ0n) is 21.2. The van der Waals surface area contributed by atoms with Crippen LogP contribution >= 0.6 is 0 Å². The second-order valence-electron chi connectivity index (χ2n) is 8.63. The molecule has 1 aromatic heterocycles. The molecule has 3 aromatic carbocycles. The largest absolute Gasteiger partial charge is 0.497 e. The van der Waals surface area contributed by atoms with Crippen LogP contribution in [-0.4, -0.2) is 28.6 Å². The van der Waals surface area contributed by atoms with Crippen LogP contribution in [-0.2, 0) is 13.1 Å². The third-order valence-corrected chi connectivity index (χ3v) is 6.06. The molecule has 0 aliphatic rings. The van der Waals surface area contributed by atoms with Crippen LogP contribution in [0.15, 0.2) is 88.5 Å². The molecule has 0 N–H and O–H groups in total. The summed E-state index contributed by atoms with van der Waals surface area (Å²) < 4.78 is 13.1. The molecule has 8 nitrogen and oxygen atoms in total. The van der Waals surface area contributed by atoms with Gasteiger partial charge in [0.05, 0.1) is 44.5 Å². The van der Waals surface area contributed by atoms with Crippen LogP contribution in [0.4, 0.5) is 0 Å². The molecule has 0 amide bonds. The van der Waals surface area contributed by atoms with Gasteiger partial charge in [0.25, 0.3) is 5.56 Å². The lowest BCUT2D eigenvalue weighted by molar-refractivity contribution is 0.0968. The predicted octanol–water partition coefficient (Wildman–Crippen LogP) is 4.28. The summed E-state index contributed by atoms with van der Waals surface area (Å²) in [5.41, 5.74) is 2.17. The Hall–Kier alpha value is -4.90. The average molecular weight is 510 g/mol. The van der Waals surface area contributed by atoms with E-state index >= 15 is 0 Å². The quantitative estimate of drug-likeness (QED) is 0.296. The summed E-state index contributed by atoms with van der Waals surface area (Å²) in [4.78, 5) is 39.2. The normalized spacial score (nSPS) is 10.6. The van der Waals surface area contributed by atoms with Gasteiger partial charge in [-0.25, -0.2) is 4.79 Å². The van der Waals surface area contributed by atoms with Crippen molar-refractivity contribution in [3.63, 3.8) is 0 Å². The van der Waals surface area contributed by atoms with E-state index in [0.29, 0.717) is 29.9 Å². The van der Waals surface area contributed by atoms with Crippen LogP contribution in [0.1, 0.15) is 34.8 Å². The van der Waals surface area contributed by atoms with Gasteiger partial charge in [0, 0.05) is 5.56 Å². The zero-order chi connectivity index (χ0) is 27.1. The second-order valence-corrected chi connectivity index (χ2v) is 8.63. The number of methoxy groups -OCH3 is 1. The molecule has 0 spiro atoms. The molecule has 38 heavy (non-hydrogen) atoms. The summed E-state index contributed by atoms with van der Waals surface area (Å²) in [6.45, 7) is 1.99. The molecule has 0 atom stereocenters. The van der Waals surface area contributed by atoms with Gasteiger partial charge in [-0.3, -0.25) is 18.7 Å². The van der Waals surface area contributed by atoms with Crippen LogP contribution in [0.5, 0.6) is 11.6 Å². The van der Waals surface area contributed by atoms with Crippen molar-refractivity contribution in [2.24, 2.45) is 0 Å². The van der Waals surface area contributed by atoms with E-state index in [4.69, 9.17) is 9.47 Å². The van der Waals surface area contributed by atoms with Crippen LogP contribution in [0, 0.1) is 11.3 Å². The Labute approximate surface area is 219 Å². The molecule has 192 valence electrons. The number of benzene rings is 3. The highest BCUT2D eigenvalue weighted by Crippen LogP contribution is 2.24. The second kappa shape index (κ2) is 11.9. The van der Waals surface area contributed by atoms with Gasteiger partial charge in [-0.15, -0.1) is 0 Å². The first-order chi connectivity index (χ1) is 18.4. The lowest BCUT2D eigenvalue weighted by atomic mass is 9.99. The summed E-state index contributed by atoms with van der Waals surface area (Å²) in [7, 11) is 1.53. The Morgan fingerprint density at radius 1 is 0.947 bits per heavy atom. The van der Waals surface area contributed by atoms with E-state index in [9.17, 15) is 19.6 Å². The van der Waals surface area contributed by atoms with E-state index in [1.165, 1.54) is 17.7 Å². The fraction of sp³-hybridized carbons (Fsp3) is 0.200. The van der Waals surface area contributed by atoms with Crippen molar-refractivity contribution < 1.29 is 14.3 Å².